The molecule has 0 spiro atoms. The molecule has 1 amide bonds. The average molecular weight is 452 g/mol. The molecule has 1 aliphatic rings. The zero-order chi connectivity index (χ0) is 23.5. The summed E-state index contributed by atoms with van der Waals surface area (Å²) in [5.74, 6) is -0.233. The fourth-order valence-electron chi connectivity index (χ4n) is 4.67. The molecule has 0 atom stereocenters. The molecule has 1 fully saturated rings. The number of fused-ring (bicyclic) bond motifs is 1. The zero-order valence-electron chi connectivity index (χ0n) is 19.4. The second-order valence-electron chi connectivity index (χ2n) is 8.84. The molecule has 0 radical (unpaired) electrons. The summed E-state index contributed by atoms with van der Waals surface area (Å²) in [7, 11) is 0. The van der Waals surface area contributed by atoms with Gasteiger partial charge in [0.15, 0.2) is 0 Å². The summed E-state index contributed by atoms with van der Waals surface area (Å²) in [6, 6.07) is 27.9. The molecule has 5 rings (SSSR count). The Bertz CT molecular complexity index is 1310. The number of piperazine rings is 1. The molecule has 34 heavy (non-hydrogen) atoms. The predicted molar refractivity (Wildman–Crippen MR) is 139 cm³/mol. The van der Waals surface area contributed by atoms with E-state index in [9.17, 15) is 9.90 Å². The Kier molecular flexibility index (Phi) is 6.19. The minimum atomic E-state index is -0.298. The number of benzene rings is 4. The van der Waals surface area contributed by atoms with Gasteiger partial charge in [0.05, 0.1) is 5.56 Å². The fraction of sp³-hybridized carbons (Fsp3) is 0.207. The Morgan fingerprint density at radius 3 is 2.32 bits per heavy atom. The molecule has 4 aromatic carbocycles. The van der Waals surface area contributed by atoms with E-state index in [1.807, 2.05) is 61.5 Å². The molecule has 0 saturated carbocycles. The summed E-state index contributed by atoms with van der Waals surface area (Å²) in [4.78, 5) is 17.9. The van der Waals surface area contributed by atoms with Gasteiger partial charge >= 0.3 is 0 Å². The highest BCUT2D eigenvalue weighted by Gasteiger charge is 2.23. The van der Waals surface area contributed by atoms with Crippen molar-refractivity contribution in [2.24, 2.45) is 0 Å². The van der Waals surface area contributed by atoms with Crippen molar-refractivity contribution in [3.05, 3.63) is 102 Å². The first-order valence-corrected chi connectivity index (χ1v) is 11.7. The van der Waals surface area contributed by atoms with Crippen molar-refractivity contribution in [1.29, 1.82) is 0 Å². The average Bonchev–Trinajstić information content (AvgIpc) is 2.88. The first kappa shape index (κ1) is 22.0. The van der Waals surface area contributed by atoms with Crippen LogP contribution in [0.25, 0.3) is 10.8 Å². The minimum absolute atomic E-state index is 0.0651. The molecule has 1 heterocycles. The van der Waals surface area contributed by atoms with Crippen LogP contribution in [-0.2, 0) is 6.54 Å². The molecule has 4 aromatic rings. The number of phenols is 1. The highest BCUT2D eigenvalue weighted by atomic mass is 16.3. The number of aryl methyl sites for hydroxylation is 1. The summed E-state index contributed by atoms with van der Waals surface area (Å²) in [6.45, 7) is 6.19. The van der Waals surface area contributed by atoms with Crippen molar-refractivity contribution in [3.8, 4) is 5.75 Å². The molecule has 1 saturated heterocycles. The molecule has 5 nitrogen and oxygen atoms in total. The first-order chi connectivity index (χ1) is 16.6. The lowest BCUT2D eigenvalue weighted by molar-refractivity contribution is 0.102. The Hall–Kier alpha value is -3.83. The largest absolute Gasteiger partial charge is 0.507 e. The van der Waals surface area contributed by atoms with E-state index in [4.69, 9.17) is 0 Å². The second kappa shape index (κ2) is 9.57. The van der Waals surface area contributed by atoms with E-state index in [1.165, 1.54) is 5.69 Å². The molecule has 2 N–H and O–H groups in total. The summed E-state index contributed by atoms with van der Waals surface area (Å²) in [6.07, 6.45) is 0. The number of aromatic hydroxyl groups is 1. The van der Waals surface area contributed by atoms with Gasteiger partial charge in [0.25, 0.3) is 5.91 Å². The van der Waals surface area contributed by atoms with Crippen LogP contribution in [-0.4, -0.2) is 42.1 Å². The molecular formula is C29H29N3O2. The summed E-state index contributed by atoms with van der Waals surface area (Å²) < 4.78 is 0. The van der Waals surface area contributed by atoms with Crippen LogP contribution in [0.4, 0.5) is 11.4 Å². The van der Waals surface area contributed by atoms with E-state index in [0.717, 1.165) is 53.8 Å². The molecule has 0 aliphatic carbocycles. The van der Waals surface area contributed by atoms with E-state index >= 15 is 0 Å². The van der Waals surface area contributed by atoms with Crippen molar-refractivity contribution < 1.29 is 9.90 Å². The third-order valence-corrected chi connectivity index (χ3v) is 6.64. The third-order valence-electron chi connectivity index (χ3n) is 6.64. The number of nitrogens with one attached hydrogen (secondary N) is 1. The maximum atomic E-state index is 13.2. The Balaban J connectivity index is 1.40. The van der Waals surface area contributed by atoms with Crippen LogP contribution in [0.2, 0.25) is 0 Å². The lowest BCUT2D eigenvalue weighted by Gasteiger charge is -2.36. The molecule has 0 aromatic heterocycles. The number of anilines is 2. The fourth-order valence-corrected chi connectivity index (χ4v) is 4.67. The maximum Gasteiger partial charge on any atom is 0.259 e. The van der Waals surface area contributed by atoms with Crippen LogP contribution in [0.5, 0.6) is 5.75 Å². The van der Waals surface area contributed by atoms with Crippen LogP contribution in [0.1, 0.15) is 21.5 Å². The third kappa shape index (κ3) is 4.47. The van der Waals surface area contributed by atoms with E-state index < -0.39 is 0 Å². The number of carbonyl (C=O) groups excluding carboxylic acids is 1. The van der Waals surface area contributed by atoms with Crippen molar-refractivity contribution in [1.82, 2.24) is 4.90 Å². The topological polar surface area (TPSA) is 55.8 Å². The standard InChI is InChI=1S/C29H29N3O2/c1-21-9-5-8-14-27(21)30-29(34)25-19-22-10-6-7-13-24(22)26(28(25)33)20-31-15-17-32(18-16-31)23-11-3-2-4-12-23/h2-14,19,33H,15-18,20H2,1H3,(H,30,34). The minimum Gasteiger partial charge on any atom is -0.507 e. The van der Waals surface area contributed by atoms with Gasteiger partial charge in [-0.05, 0) is 47.5 Å². The van der Waals surface area contributed by atoms with E-state index in [-0.39, 0.29) is 11.7 Å². The Morgan fingerprint density at radius 2 is 1.56 bits per heavy atom. The number of nitrogens with zero attached hydrogens (tertiary/aromatic N) is 2. The van der Waals surface area contributed by atoms with Crippen LogP contribution in [0.15, 0.2) is 84.9 Å². The van der Waals surface area contributed by atoms with E-state index in [2.05, 4.69) is 39.4 Å². The van der Waals surface area contributed by atoms with Gasteiger partial charge in [-0.1, -0.05) is 60.7 Å². The number of hydrogen-bond donors (Lipinski definition) is 2. The number of carbonyl (C=O) groups is 1. The lowest BCUT2D eigenvalue weighted by Crippen LogP contribution is -2.46. The van der Waals surface area contributed by atoms with Gasteiger partial charge in [0.2, 0.25) is 0 Å². The van der Waals surface area contributed by atoms with Gasteiger partial charge in [-0.15, -0.1) is 0 Å². The van der Waals surface area contributed by atoms with Gasteiger partial charge in [-0.3, -0.25) is 9.69 Å². The van der Waals surface area contributed by atoms with Crippen LogP contribution >= 0.6 is 0 Å². The molecular weight excluding hydrogens is 422 g/mol. The second-order valence-corrected chi connectivity index (χ2v) is 8.84. The number of rotatable bonds is 5. The Labute approximate surface area is 200 Å². The SMILES string of the molecule is Cc1ccccc1NC(=O)c1cc2ccccc2c(CN2CCN(c3ccccc3)CC2)c1O. The smallest absolute Gasteiger partial charge is 0.259 e. The number of hydrogen-bond acceptors (Lipinski definition) is 4. The predicted octanol–water partition coefficient (Wildman–Crippen LogP) is 5.43. The number of para-hydroxylation sites is 2. The Morgan fingerprint density at radius 1 is 0.882 bits per heavy atom. The van der Waals surface area contributed by atoms with Crippen molar-refractivity contribution >= 4 is 28.1 Å². The molecule has 0 unspecified atom stereocenters. The lowest BCUT2D eigenvalue weighted by atomic mass is 9.98. The monoisotopic (exact) mass is 451 g/mol. The number of amides is 1. The van der Waals surface area contributed by atoms with Gasteiger partial charge in [-0.25, -0.2) is 0 Å². The summed E-state index contributed by atoms with van der Waals surface area (Å²) in [5.41, 5.74) is 4.08. The summed E-state index contributed by atoms with van der Waals surface area (Å²) >= 11 is 0. The van der Waals surface area contributed by atoms with E-state index in [1.54, 1.807) is 6.07 Å². The highest BCUT2D eigenvalue weighted by molar-refractivity contribution is 6.09. The van der Waals surface area contributed by atoms with Gasteiger partial charge in [-0.2, -0.15) is 0 Å². The van der Waals surface area contributed by atoms with Crippen LogP contribution in [0.3, 0.4) is 0 Å². The highest BCUT2D eigenvalue weighted by Crippen LogP contribution is 2.33. The van der Waals surface area contributed by atoms with Gasteiger partial charge in [0, 0.05) is 49.7 Å². The molecule has 0 bridgehead atoms. The molecule has 1 aliphatic heterocycles. The summed E-state index contributed by atoms with van der Waals surface area (Å²) in [5, 5.41) is 16.2. The normalized spacial score (nSPS) is 14.3. The van der Waals surface area contributed by atoms with Gasteiger partial charge in [0.1, 0.15) is 5.75 Å². The maximum absolute atomic E-state index is 13.2. The van der Waals surface area contributed by atoms with Crippen molar-refractivity contribution in [2.45, 2.75) is 13.5 Å². The molecule has 172 valence electrons. The van der Waals surface area contributed by atoms with Crippen LogP contribution in [0, 0.1) is 6.92 Å². The zero-order valence-corrected chi connectivity index (χ0v) is 19.4. The quantitative estimate of drug-likeness (QED) is 0.425. The van der Waals surface area contributed by atoms with E-state index in [0.29, 0.717) is 12.1 Å². The molecule has 5 heteroatoms. The van der Waals surface area contributed by atoms with Crippen LogP contribution < -0.4 is 10.2 Å². The first-order valence-electron chi connectivity index (χ1n) is 11.7. The van der Waals surface area contributed by atoms with Crippen molar-refractivity contribution in [2.75, 3.05) is 36.4 Å². The van der Waals surface area contributed by atoms with Gasteiger partial charge < -0.3 is 15.3 Å². The number of phenolic OH excluding ortho intramolecular Hbond substituents is 1. The van der Waals surface area contributed by atoms with Crippen molar-refractivity contribution in [3.63, 3.8) is 0 Å².